The summed E-state index contributed by atoms with van der Waals surface area (Å²) in [6.45, 7) is 0. The Morgan fingerprint density at radius 2 is 1.47 bits per heavy atom. The van der Waals surface area contributed by atoms with Crippen LogP contribution in [0.5, 0.6) is 0 Å². The topological polar surface area (TPSA) is 78.4 Å². The summed E-state index contributed by atoms with van der Waals surface area (Å²) < 4.78 is 13.4. The van der Waals surface area contributed by atoms with Gasteiger partial charge in [0.1, 0.15) is 5.82 Å². The van der Waals surface area contributed by atoms with E-state index in [1.165, 1.54) is 23.7 Å². The third kappa shape index (κ3) is 5.73. The second kappa shape index (κ2) is 9.95. The maximum atomic E-state index is 13.4. The highest BCUT2D eigenvalue weighted by Gasteiger charge is 2.13. The number of hydroxylamine groups is 1. The van der Waals surface area contributed by atoms with Crippen LogP contribution >= 0.6 is 0 Å². The standard InChI is InChI=1S/C24H19FN2O3/c25-20-13-11-19(12-14-20)22(24(29)26-21-4-2-1-3-5-21)16-18-8-6-17(7-9-18)10-15-23(28)27-30/h1-16,30H,(H,26,29)(H,27,28). The summed E-state index contributed by atoms with van der Waals surface area (Å²) in [6.07, 6.45) is 4.45. The average molecular weight is 402 g/mol. The number of nitrogens with one attached hydrogen (secondary N) is 2. The SMILES string of the molecule is O=C(C=Cc1ccc(C=C(C(=O)Nc2ccccc2)c2ccc(F)cc2)cc1)NO. The highest BCUT2D eigenvalue weighted by atomic mass is 19.1. The Morgan fingerprint density at radius 1 is 0.833 bits per heavy atom. The summed E-state index contributed by atoms with van der Waals surface area (Å²) in [7, 11) is 0. The fourth-order valence-electron chi connectivity index (χ4n) is 2.71. The van der Waals surface area contributed by atoms with E-state index in [1.54, 1.807) is 60.7 Å². The zero-order valence-electron chi connectivity index (χ0n) is 15.9. The third-order valence-electron chi connectivity index (χ3n) is 4.22. The number of hydrogen-bond donors (Lipinski definition) is 3. The molecule has 5 nitrogen and oxygen atoms in total. The molecule has 3 aromatic carbocycles. The van der Waals surface area contributed by atoms with Crippen LogP contribution in [0, 0.1) is 5.82 Å². The molecule has 0 saturated heterocycles. The summed E-state index contributed by atoms with van der Waals surface area (Å²) in [4.78, 5) is 24.0. The fraction of sp³-hybridized carbons (Fsp3) is 0. The first kappa shape index (κ1) is 20.7. The maximum Gasteiger partial charge on any atom is 0.267 e. The minimum Gasteiger partial charge on any atom is -0.322 e. The molecule has 3 aromatic rings. The zero-order valence-corrected chi connectivity index (χ0v) is 15.9. The Balaban J connectivity index is 1.90. The summed E-state index contributed by atoms with van der Waals surface area (Å²) in [5, 5.41) is 11.4. The number of hydrogen-bond acceptors (Lipinski definition) is 3. The molecule has 0 bridgehead atoms. The Kier molecular flexibility index (Phi) is 6.87. The van der Waals surface area contributed by atoms with Gasteiger partial charge in [-0.05, 0) is 53.1 Å². The van der Waals surface area contributed by atoms with Gasteiger partial charge >= 0.3 is 0 Å². The molecular weight excluding hydrogens is 383 g/mol. The molecule has 0 heterocycles. The molecular formula is C24H19FN2O3. The van der Waals surface area contributed by atoms with Crippen LogP contribution in [0.2, 0.25) is 0 Å². The number of rotatable bonds is 6. The van der Waals surface area contributed by atoms with Gasteiger partial charge in [-0.15, -0.1) is 0 Å². The molecule has 2 amide bonds. The maximum absolute atomic E-state index is 13.4. The van der Waals surface area contributed by atoms with E-state index >= 15 is 0 Å². The van der Waals surface area contributed by atoms with E-state index in [1.807, 2.05) is 18.2 Å². The van der Waals surface area contributed by atoms with E-state index in [0.29, 0.717) is 16.8 Å². The Morgan fingerprint density at radius 3 is 2.10 bits per heavy atom. The lowest BCUT2D eigenvalue weighted by atomic mass is 10.0. The number of amides is 2. The molecule has 150 valence electrons. The van der Waals surface area contributed by atoms with Gasteiger partial charge in [0.15, 0.2) is 0 Å². The number of carbonyl (C=O) groups excluding carboxylic acids is 2. The highest BCUT2D eigenvalue weighted by molar-refractivity contribution is 6.29. The summed E-state index contributed by atoms with van der Waals surface area (Å²) in [5.74, 6) is -1.34. The van der Waals surface area contributed by atoms with E-state index in [9.17, 15) is 14.0 Å². The molecule has 0 aliphatic rings. The van der Waals surface area contributed by atoms with Gasteiger partial charge in [-0.25, -0.2) is 9.87 Å². The summed E-state index contributed by atoms with van der Waals surface area (Å²) in [5.41, 5.74) is 4.62. The average Bonchev–Trinajstić information content (AvgIpc) is 2.78. The van der Waals surface area contributed by atoms with Crippen molar-refractivity contribution < 1.29 is 19.2 Å². The molecule has 0 unspecified atom stereocenters. The van der Waals surface area contributed by atoms with Crippen LogP contribution in [0.1, 0.15) is 16.7 Å². The van der Waals surface area contributed by atoms with Gasteiger partial charge < -0.3 is 5.32 Å². The van der Waals surface area contributed by atoms with Gasteiger partial charge in [-0.2, -0.15) is 0 Å². The van der Waals surface area contributed by atoms with Crippen molar-refractivity contribution in [2.75, 3.05) is 5.32 Å². The zero-order chi connectivity index (χ0) is 21.3. The Labute approximate surface area is 173 Å². The second-order valence-corrected chi connectivity index (χ2v) is 6.36. The molecule has 0 saturated carbocycles. The fourth-order valence-corrected chi connectivity index (χ4v) is 2.71. The van der Waals surface area contributed by atoms with Gasteiger partial charge in [0.05, 0.1) is 0 Å². The predicted molar refractivity (Wildman–Crippen MR) is 115 cm³/mol. The van der Waals surface area contributed by atoms with Crippen LogP contribution < -0.4 is 10.8 Å². The van der Waals surface area contributed by atoms with Crippen LogP contribution in [0.15, 0.2) is 84.9 Å². The Bertz CT molecular complexity index is 1070. The first-order chi connectivity index (χ1) is 14.5. The quantitative estimate of drug-likeness (QED) is 0.245. The van der Waals surface area contributed by atoms with E-state index < -0.39 is 5.91 Å². The van der Waals surface area contributed by atoms with Crippen molar-refractivity contribution in [3.8, 4) is 0 Å². The van der Waals surface area contributed by atoms with Gasteiger partial charge in [0.2, 0.25) is 0 Å². The van der Waals surface area contributed by atoms with Crippen LogP contribution in [0.25, 0.3) is 17.7 Å². The van der Waals surface area contributed by atoms with Gasteiger partial charge in [0, 0.05) is 17.3 Å². The molecule has 0 radical (unpaired) electrons. The normalized spacial score (nSPS) is 11.3. The lowest BCUT2D eigenvalue weighted by Gasteiger charge is -2.10. The van der Waals surface area contributed by atoms with Crippen LogP contribution in [-0.2, 0) is 9.59 Å². The van der Waals surface area contributed by atoms with E-state index in [4.69, 9.17) is 5.21 Å². The summed E-state index contributed by atoms with van der Waals surface area (Å²) >= 11 is 0. The number of para-hydroxylation sites is 1. The van der Waals surface area contributed by atoms with Crippen molar-refractivity contribution >= 4 is 35.2 Å². The summed E-state index contributed by atoms with van der Waals surface area (Å²) in [6, 6.07) is 21.9. The molecule has 0 atom stereocenters. The molecule has 0 aromatic heterocycles. The highest BCUT2D eigenvalue weighted by Crippen LogP contribution is 2.22. The van der Waals surface area contributed by atoms with Gasteiger partial charge in [-0.1, -0.05) is 54.6 Å². The molecule has 3 rings (SSSR count). The molecule has 6 heteroatoms. The van der Waals surface area contributed by atoms with Crippen molar-refractivity contribution in [3.63, 3.8) is 0 Å². The van der Waals surface area contributed by atoms with Crippen LogP contribution in [0.4, 0.5) is 10.1 Å². The second-order valence-electron chi connectivity index (χ2n) is 6.36. The lowest BCUT2D eigenvalue weighted by Crippen LogP contribution is -2.14. The smallest absolute Gasteiger partial charge is 0.267 e. The van der Waals surface area contributed by atoms with Crippen molar-refractivity contribution in [1.29, 1.82) is 0 Å². The first-order valence-corrected chi connectivity index (χ1v) is 9.11. The lowest BCUT2D eigenvalue weighted by molar-refractivity contribution is -0.124. The van der Waals surface area contributed by atoms with Gasteiger partial charge in [0.25, 0.3) is 11.8 Å². The number of anilines is 1. The van der Waals surface area contributed by atoms with Crippen LogP contribution in [-0.4, -0.2) is 17.0 Å². The van der Waals surface area contributed by atoms with Crippen molar-refractivity contribution in [2.24, 2.45) is 0 Å². The molecule has 0 aliphatic carbocycles. The van der Waals surface area contributed by atoms with E-state index in [0.717, 1.165) is 11.1 Å². The number of benzene rings is 3. The first-order valence-electron chi connectivity index (χ1n) is 9.11. The molecule has 3 N–H and O–H groups in total. The number of carbonyl (C=O) groups is 2. The molecule has 30 heavy (non-hydrogen) atoms. The van der Waals surface area contributed by atoms with E-state index in [2.05, 4.69) is 5.32 Å². The van der Waals surface area contributed by atoms with Crippen molar-refractivity contribution in [3.05, 3.63) is 107 Å². The minimum absolute atomic E-state index is 0.323. The third-order valence-corrected chi connectivity index (χ3v) is 4.22. The largest absolute Gasteiger partial charge is 0.322 e. The van der Waals surface area contributed by atoms with E-state index in [-0.39, 0.29) is 11.7 Å². The van der Waals surface area contributed by atoms with Crippen molar-refractivity contribution in [1.82, 2.24) is 5.48 Å². The monoisotopic (exact) mass is 402 g/mol. The molecule has 0 aliphatic heterocycles. The predicted octanol–water partition coefficient (Wildman–Crippen LogP) is 4.52. The molecule has 0 spiro atoms. The minimum atomic E-state index is -0.629. The Hall–Kier alpha value is -4.03. The molecule has 0 fully saturated rings. The van der Waals surface area contributed by atoms with Crippen LogP contribution in [0.3, 0.4) is 0 Å². The van der Waals surface area contributed by atoms with Crippen molar-refractivity contribution in [2.45, 2.75) is 0 Å². The number of halogens is 1. The van der Waals surface area contributed by atoms with Gasteiger partial charge in [-0.3, -0.25) is 14.8 Å².